The second kappa shape index (κ2) is 7.07. The number of anilines is 1. The van der Waals surface area contributed by atoms with E-state index in [4.69, 9.17) is 4.74 Å². The van der Waals surface area contributed by atoms with Crippen molar-refractivity contribution in [2.45, 2.75) is 13.0 Å². The van der Waals surface area contributed by atoms with Crippen LogP contribution in [0.25, 0.3) is 0 Å². The first-order chi connectivity index (χ1) is 8.08. The Balaban J connectivity index is 2.94. The van der Waals surface area contributed by atoms with Crippen LogP contribution in [0.2, 0.25) is 0 Å². The highest BCUT2D eigenvalue weighted by molar-refractivity contribution is 14.1. The summed E-state index contributed by atoms with van der Waals surface area (Å²) in [6.07, 6.45) is 0.843. The Morgan fingerprint density at radius 2 is 2.06 bits per heavy atom. The van der Waals surface area contributed by atoms with Gasteiger partial charge in [-0.3, -0.25) is 0 Å². The number of halogens is 1. The van der Waals surface area contributed by atoms with Crippen molar-refractivity contribution in [2.24, 2.45) is 0 Å². The van der Waals surface area contributed by atoms with Crippen molar-refractivity contribution in [1.29, 1.82) is 0 Å². The van der Waals surface area contributed by atoms with Crippen molar-refractivity contribution in [3.63, 3.8) is 0 Å². The molecule has 0 aliphatic rings. The third kappa shape index (κ3) is 4.36. The summed E-state index contributed by atoms with van der Waals surface area (Å²) < 4.78 is 6.18. The summed E-state index contributed by atoms with van der Waals surface area (Å²) >= 11 is 2.24. The molecule has 1 heterocycles. The fraction of sp³-hybridized carbons (Fsp3) is 0.636. The van der Waals surface area contributed by atoms with Crippen LogP contribution in [0, 0.1) is 3.57 Å². The summed E-state index contributed by atoms with van der Waals surface area (Å²) in [4.78, 5) is 11.1. The Kier molecular flexibility index (Phi) is 6.07. The second-order valence-electron chi connectivity index (χ2n) is 3.99. The molecule has 0 aromatic carbocycles. The quantitative estimate of drug-likeness (QED) is 0.786. The fourth-order valence-corrected chi connectivity index (χ4v) is 2.04. The van der Waals surface area contributed by atoms with Crippen molar-refractivity contribution >= 4 is 28.4 Å². The van der Waals surface area contributed by atoms with Crippen LogP contribution in [-0.2, 0) is 17.8 Å². The van der Waals surface area contributed by atoms with Crippen LogP contribution in [0.4, 0.5) is 5.82 Å². The van der Waals surface area contributed by atoms with Crippen LogP contribution in [0.3, 0.4) is 0 Å². The molecule has 5 nitrogen and oxygen atoms in total. The van der Waals surface area contributed by atoms with Gasteiger partial charge in [0.2, 0.25) is 0 Å². The molecule has 0 radical (unpaired) electrons. The number of hydrogen-bond acceptors (Lipinski definition) is 5. The molecule has 96 valence electrons. The number of rotatable bonds is 6. The highest BCUT2D eigenvalue weighted by Gasteiger charge is 2.11. The minimum atomic E-state index is 0.518. The number of aromatic nitrogens is 2. The molecule has 17 heavy (non-hydrogen) atoms. The standard InChI is InChI=1S/C11H19IN4O/c1-13-11-10(12)8(7-17-4)14-9(15-11)5-6-16(2)3/h5-7H2,1-4H3,(H,13,14,15). The first kappa shape index (κ1) is 14.6. The van der Waals surface area contributed by atoms with E-state index in [1.165, 1.54) is 0 Å². The van der Waals surface area contributed by atoms with E-state index in [9.17, 15) is 0 Å². The molecular weight excluding hydrogens is 331 g/mol. The normalized spacial score (nSPS) is 10.9. The predicted octanol–water partition coefficient (Wildman–Crippen LogP) is 1.37. The molecular formula is C11H19IN4O. The Morgan fingerprint density at radius 3 is 2.59 bits per heavy atom. The minimum Gasteiger partial charge on any atom is -0.378 e. The second-order valence-corrected chi connectivity index (χ2v) is 5.06. The Morgan fingerprint density at radius 1 is 1.35 bits per heavy atom. The van der Waals surface area contributed by atoms with Crippen LogP contribution in [-0.4, -0.2) is 49.7 Å². The third-order valence-electron chi connectivity index (χ3n) is 2.27. The summed E-state index contributed by atoms with van der Waals surface area (Å²) in [7, 11) is 7.64. The predicted molar refractivity (Wildman–Crippen MR) is 77.3 cm³/mol. The molecule has 6 heteroatoms. The zero-order valence-corrected chi connectivity index (χ0v) is 12.9. The van der Waals surface area contributed by atoms with Crippen molar-refractivity contribution < 1.29 is 4.74 Å². The van der Waals surface area contributed by atoms with Gasteiger partial charge in [-0.25, -0.2) is 9.97 Å². The van der Waals surface area contributed by atoms with E-state index in [1.54, 1.807) is 7.11 Å². The lowest BCUT2D eigenvalue weighted by Crippen LogP contribution is -2.17. The van der Waals surface area contributed by atoms with Crippen molar-refractivity contribution in [2.75, 3.05) is 40.1 Å². The summed E-state index contributed by atoms with van der Waals surface area (Å²) in [6.45, 7) is 1.46. The molecule has 0 saturated heterocycles. The van der Waals surface area contributed by atoms with Crippen molar-refractivity contribution in [1.82, 2.24) is 14.9 Å². The largest absolute Gasteiger partial charge is 0.378 e. The van der Waals surface area contributed by atoms with Gasteiger partial charge in [0.25, 0.3) is 0 Å². The summed E-state index contributed by atoms with van der Waals surface area (Å²) in [6, 6.07) is 0. The molecule has 1 aromatic rings. The van der Waals surface area contributed by atoms with Gasteiger partial charge >= 0.3 is 0 Å². The lowest BCUT2D eigenvalue weighted by atomic mass is 10.3. The van der Waals surface area contributed by atoms with Gasteiger partial charge in [0.1, 0.15) is 11.6 Å². The van der Waals surface area contributed by atoms with Gasteiger partial charge in [0, 0.05) is 27.1 Å². The first-order valence-corrected chi connectivity index (χ1v) is 6.53. The third-order valence-corrected chi connectivity index (χ3v) is 3.40. The summed E-state index contributed by atoms with van der Waals surface area (Å²) in [5, 5.41) is 3.09. The van der Waals surface area contributed by atoms with Gasteiger partial charge in [0.05, 0.1) is 15.9 Å². The number of ether oxygens (including phenoxy) is 1. The average Bonchev–Trinajstić information content (AvgIpc) is 2.30. The van der Waals surface area contributed by atoms with Crippen LogP contribution >= 0.6 is 22.6 Å². The van der Waals surface area contributed by atoms with E-state index in [2.05, 4.69) is 42.8 Å². The maximum absolute atomic E-state index is 5.16. The molecule has 0 atom stereocenters. The maximum atomic E-state index is 5.16. The van der Waals surface area contributed by atoms with Crippen LogP contribution in [0.5, 0.6) is 0 Å². The monoisotopic (exact) mass is 350 g/mol. The van der Waals surface area contributed by atoms with Gasteiger partial charge < -0.3 is 15.0 Å². The Bertz CT molecular complexity index is 371. The van der Waals surface area contributed by atoms with E-state index < -0.39 is 0 Å². The number of methoxy groups -OCH3 is 1. The van der Waals surface area contributed by atoms with E-state index in [-0.39, 0.29) is 0 Å². The number of likely N-dealkylation sites (N-methyl/N-ethyl adjacent to an activating group) is 1. The van der Waals surface area contributed by atoms with Gasteiger partial charge in [-0.15, -0.1) is 0 Å². The minimum absolute atomic E-state index is 0.518. The molecule has 1 rings (SSSR count). The Hall–Kier alpha value is -0.470. The zero-order chi connectivity index (χ0) is 12.8. The molecule has 0 aliphatic heterocycles. The highest BCUT2D eigenvalue weighted by Crippen LogP contribution is 2.19. The van der Waals surface area contributed by atoms with Gasteiger partial charge in [-0.05, 0) is 36.7 Å². The molecule has 0 bridgehead atoms. The smallest absolute Gasteiger partial charge is 0.143 e. The van der Waals surface area contributed by atoms with E-state index >= 15 is 0 Å². The zero-order valence-electron chi connectivity index (χ0n) is 10.7. The lowest BCUT2D eigenvalue weighted by Gasteiger charge is -2.12. The summed E-state index contributed by atoms with van der Waals surface area (Å²) in [5.74, 6) is 1.73. The number of nitrogens with zero attached hydrogens (tertiary/aromatic N) is 3. The average molecular weight is 350 g/mol. The molecule has 0 saturated carbocycles. The van der Waals surface area contributed by atoms with Crippen molar-refractivity contribution in [3.8, 4) is 0 Å². The van der Waals surface area contributed by atoms with Crippen molar-refractivity contribution in [3.05, 3.63) is 15.1 Å². The van der Waals surface area contributed by atoms with Crippen LogP contribution in [0.1, 0.15) is 11.5 Å². The molecule has 1 aromatic heterocycles. The van der Waals surface area contributed by atoms with Gasteiger partial charge in [0.15, 0.2) is 0 Å². The van der Waals surface area contributed by atoms with Gasteiger partial charge in [-0.1, -0.05) is 0 Å². The van der Waals surface area contributed by atoms with Gasteiger partial charge in [-0.2, -0.15) is 0 Å². The molecule has 0 spiro atoms. The van der Waals surface area contributed by atoms with Crippen LogP contribution in [0.15, 0.2) is 0 Å². The Labute approximate surface area is 116 Å². The molecule has 0 amide bonds. The molecule has 0 fully saturated rings. The molecule has 0 aliphatic carbocycles. The fourth-order valence-electron chi connectivity index (χ4n) is 1.38. The number of nitrogens with one attached hydrogen (secondary N) is 1. The SMILES string of the molecule is CNc1nc(CCN(C)C)nc(COC)c1I. The van der Waals surface area contributed by atoms with E-state index in [1.807, 2.05) is 21.1 Å². The van der Waals surface area contributed by atoms with E-state index in [0.717, 1.165) is 33.9 Å². The highest BCUT2D eigenvalue weighted by atomic mass is 127. The first-order valence-electron chi connectivity index (χ1n) is 5.45. The van der Waals surface area contributed by atoms with Crippen LogP contribution < -0.4 is 5.32 Å². The molecule has 1 N–H and O–H groups in total. The lowest BCUT2D eigenvalue weighted by molar-refractivity contribution is 0.180. The maximum Gasteiger partial charge on any atom is 0.143 e. The van der Waals surface area contributed by atoms with E-state index in [0.29, 0.717) is 6.61 Å². The summed E-state index contributed by atoms with van der Waals surface area (Å²) in [5.41, 5.74) is 0.946. The number of hydrogen-bond donors (Lipinski definition) is 1. The topological polar surface area (TPSA) is 50.3 Å². The molecule has 0 unspecified atom stereocenters.